The molecule has 0 amide bonds. The standard InChI is InChI=1S/C12H10Cl2N2/c1-7-11(15-8(2)16-12(7)14)9-3-5-10(13)6-4-9/h3-6H,1-2H3. The molecule has 1 aromatic heterocycles. The molecular formula is C12H10Cl2N2. The van der Waals surface area contributed by atoms with Gasteiger partial charge in [0, 0.05) is 16.1 Å². The molecule has 1 heterocycles. The van der Waals surface area contributed by atoms with E-state index in [2.05, 4.69) is 9.97 Å². The van der Waals surface area contributed by atoms with Gasteiger partial charge in [-0.15, -0.1) is 0 Å². The maximum atomic E-state index is 6.02. The molecule has 0 N–H and O–H groups in total. The van der Waals surface area contributed by atoms with Crippen molar-refractivity contribution in [1.29, 1.82) is 0 Å². The topological polar surface area (TPSA) is 25.8 Å². The summed E-state index contributed by atoms with van der Waals surface area (Å²) in [6.45, 7) is 3.73. The van der Waals surface area contributed by atoms with E-state index in [1.54, 1.807) is 0 Å². The van der Waals surface area contributed by atoms with Gasteiger partial charge in [-0.25, -0.2) is 9.97 Å². The number of hydrogen-bond donors (Lipinski definition) is 0. The fourth-order valence-corrected chi connectivity index (χ4v) is 1.82. The maximum Gasteiger partial charge on any atom is 0.136 e. The fraction of sp³-hybridized carbons (Fsp3) is 0.167. The molecule has 4 heteroatoms. The van der Waals surface area contributed by atoms with E-state index in [1.807, 2.05) is 38.1 Å². The Morgan fingerprint density at radius 2 is 1.56 bits per heavy atom. The molecule has 1 aromatic carbocycles. The lowest BCUT2D eigenvalue weighted by molar-refractivity contribution is 1.04. The predicted molar refractivity (Wildman–Crippen MR) is 67.0 cm³/mol. The third kappa shape index (κ3) is 2.18. The molecule has 0 saturated carbocycles. The monoisotopic (exact) mass is 252 g/mol. The molecule has 82 valence electrons. The van der Waals surface area contributed by atoms with E-state index in [9.17, 15) is 0 Å². The summed E-state index contributed by atoms with van der Waals surface area (Å²) in [5.41, 5.74) is 2.73. The van der Waals surface area contributed by atoms with Gasteiger partial charge in [0.15, 0.2) is 0 Å². The van der Waals surface area contributed by atoms with Crippen LogP contribution >= 0.6 is 23.2 Å². The zero-order valence-electron chi connectivity index (χ0n) is 8.96. The Morgan fingerprint density at radius 1 is 0.938 bits per heavy atom. The zero-order chi connectivity index (χ0) is 11.7. The SMILES string of the molecule is Cc1nc(Cl)c(C)c(-c2ccc(Cl)cc2)n1. The third-order valence-electron chi connectivity index (χ3n) is 2.32. The van der Waals surface area contributed by atoms with Gasteiger partial charge in [-0.3, -0.25) is 0 Å². The molecule has 0 aliphatic carbocycles. The van der Waals surface area contributed by atoms with Crippen molar-refractivity contribution in [3.8, 4) is 11.3 Å². The lowest BCUT2D eigenvalue weighted by Gasteiger charge is -2.07. The summed E-state index contributed by atoms with van der Waals surface area (Å²) in [5.74, 6) is 0.667. The second-order valence-electron chi connectivity index (χ2n) is 3.54. The Morgan fingerprint density at radius 3 is 2.19 bits per heavy atom. The van der Waals surface area contributed by atoms with Crippen LogP contribution in [-0.4, -0.2) is 9.97 Å². The Balaban J connectivity index is 2.59. The smallest absolute Gasteiger partial charge is 0.136 e. The molecule has 16 heavy (non-hydrogen) atoms. The molecule has 0 spiro atoms. The zero-order valence-corrected chi connectivity index (χ0v) is 10.5. The summed E-state index contributed by atoms with van der Waals surface area (Å²) < 4.78 is 0. The quantitative estimate of drug-likeness (QED) is 0.716. The van der Waals surface area contributed by atoms with Gasteiger partial charge in [0.05, 0.1) is 5.69 Å². The minimum atomic E-state index is 0.498. The van der Waals surface area contributed by atoms with Gasteiger partial charge in [0.25, 0.3) is 0 Å². The van der Waals surface area contributed by atoms with Crippen LogP contribution in [0.2, 0.25) is 10.2 Å². The molecule has 0 atom stereocenters. The molecule has 0 aliphatic rings. The van der Waals surface area contributed by atoms with E-state index in [4.69, 9.17) is 23.2 Å². The molecule has 2 rings (SSSR count). The second-order valence-corrected chi connectivity index (χ2v) is 4.34. The van der Waals surface area contributed by atoms with Gasteiger partial charge in [-0.1, -0.05) is 35.3 Å². The molecular weight excluding hydrogens is 243 g/mol. The first-order valence-corrected chi connectivity index (χ1v) is 5.60. The van der Waals surface area contributed by atoms with Crippen molar-refractivity contribution in [1.82, 2.24) is 9.97 Å². The van der Waals surface area contributed by atoms with Crippen molar-refractivity contribution in [2.75, 3.05) is 0 Å². The molecule has 0 radical (unpaired) electrons. The van der Waals surface area contributed by atoms with E-state index in [0.717, 1.165) is 16.8 Å². The van der Waals surface area contributed by atoms with Gasteiger partial charge in [-0.05, 0) is 26.0 Å². The van der Waals surface area contributed by atoms with Crippen LogP contribution in [-0.2, 0) is 0 Å². The molecule has 0 saturated heterocycles. The minimum absolute atomic E-state index is 0.498. The summed E-state index contributed by atoms with van der Waals surface area (Å²) in [7, 11) is 0. The van der Waals surface area contributed by atoms with Crippen LogP contribution in [0.3, 0.4) is 0 Å². The summed E-state index contributed by atoms with van der Waals surface area (Å²) in [6, 6.07) is 7.52. The van der Waals surface area contributed by atoms with Crippen LogP contribution in [0.5, 0.6) is 0 Å². The van der Waals surface area contributed by atoms with Crippen molar-refractivity contribution in [3.63, 3.8) is 0 Å². The number of aromatic nitrogens is 2. The lowest BCUT2D eigenvalue weighted by atomic mass is 10.1. The second kappa shape index (κ2) is 4.40. The normalized spacial score (nSPS) is 10.5. The minimum Gasteiger partial charge on any atom is -0.233 e. The van der Waals surface area contributed by atoms with Crippen molar-refractivity contribution in [2.24, 2.45) is 0 Å². The average molecular weight is 253 g/mol. The van der Waals surface area contributed by atoms with Crippen LogP contribution in [0.4, 0.5) is 0 Å². The van der Waals surface area contributed by atoms with Crippen LogP contribution < -0.4 is 0 Å². The van der Waals surface area contributed by atoms with Crippen molar-refractivity contribution >= 4 is 23.2 Å². The first-order chi connectivity index (χ1) is 7.58. The van der Waals surface area contributed by atoms with Crippen LogP contribution in [0.1, 0.15) is 11.4 Å². The number of halogens is 2. The fourth-order valence-electron chi connectivity index (χ4n) is 1.48. The molecule has 0 aliphatic heterocycles. The Labute approximate surface area is 104 Å². The molecule has 0 fully saturated rings. The predicted octanol–water partition coefficient (Wildman–Crippen LogP) is 4.07. The van der Waals surface area contributed by atoms with Gasteiger partial charge in [0.1, 0.15) is 11.0 Å². The van der Waals surface area contributed by atoms with Gasteiger partial charge < -0.3 is 0 Å². The third-order valence-corrected chi connectivity index (χ3v) is 2.94. The van der Waals surface area contributed by atoms with Gasteiger partial charge >= 0.3 is 0 Å². The Bertz CT molecular complexity index is 521. The number of benzene rings is 1. The molecule has 2 aromatic rings. The van der Waals surface area contributed by atoms with Crippen molar-refractivity contribution in [3.05, 3.63) is 45.8 Å². The highest BCUT2D eigenvalue weighted by Gasteiger charge is 2.09. The van der Waals surface area contributed by atoms with E-state index < -0.39 is 0 Å². The summed E-state index contributed by atoms with van der Waals surface area (Å²) in [5, 5.41) is 1.20. The molecule has 0 bridgehead atoms. The van der Waals surface area contributed by atoms with Gasteiger partial charge in [0.2, 0.25) is 0 Å². The van der Waals surface area contributed by atoms with Crippen LogP contribution in [0, 0.1) is 13.8 Å². The summed E-state index contributed by atoms with van der Waals surface area (Å²) >= 11 is 11.9. The van der Waals surface area contributed by atoms with Crippen molar-refractivity contribution in [2.45, 2.75) is 13.8 Å². The summed E-state index contributed by atoms with van der Waals surface area (Å²) in [4.78, 5) is 8.50. The highest BCUT2D eigenvalue weighted by molar-refractivity contribution is 6.31. The number of hydrogen-bond acceptors (Lipinski definition) is 2. The highest BCUT2D eigenvalue weighted by atomic mass is 35.5. The van der Waals surface area contributed by atoms with Crippen LogP contribution in [0.15, 0.2) is 24.3 Å². The lowest BCUT2D eigenvalue weighted by Crippen LogP contribution is -1.96. The number of nitrogens with zero attached hydrogens (tertiary/aromatic N) is 2. The number of aryl methyl sites for hydroxylation is 1. The molecule has 2 nitrogen and oxygen atoms in total. The van der Waals surface area contributed by atoms with E-state index >= 15 is 0 Å². The van der Waals surface area contributed by atoms with Gasteiger partial charge in [-0.2, -0.15) is 0 Å². The van der Waals surface area contributed by atoms with Crippen molar-refractivity contribution < 1.29 is 0 Å². The number of rotatable bonds is 1. The highest BCUT2D eigenvalue weighted by Crippen LogP contribution is 2.26. The Hall–Kier alpha value is -1.12. The molecule has 0 unspecified atom stereocenters. The summed E-state index contributed by atoms with van der Waals surface area (Å²) in [6.07, 6.45) is 0. The Kier molecular flexibility index (Phi) is 3.13. The first kappa shape index (κ1) is 11.4. The maximum absolute atomic E-state index is 6.02. The van der Waals surface area contributed by atoms with E-state index in [0.29, 0.717) is 16.0 Å². The average Bonchev–Trinajstić information content (AvgIpc) is 2.25. The van der Waals surface area contributed by atoms with E-state index in [1.165, 1.54) is 0 Å². The largest absolute Gasteiger partial charge is 0.233 e. The van der Waals surface area contributed by atoms with Crippen LogP contribution in [0.25, 0.3) is 11.3 Å². The first-order valence-electron chi connectivity index (χ1n) is 4.84. The van der Waals surface area contributed by atoms with E-state index in [-0.39, 0.29) is 0 Å².